The first-order chi connectivity index (χ1) is 11.3. The Labute approximate surface area is 140 Å². The Morgan fingerprint density at radius 3 is 2.78 bits per heavy atom. The van der Waals surface area contributed by atoms with Crippen molar-refractivity contribution in [3.63, 3.8) is 0 Å². The molecule has 2 aromatic rings. The van der Waals surface area contributed by atoms with Crippen LogP contribution in [-0.2, 0) is 0 Å². The lowest BCUT2D eigenvalue weighted by molar-refractivity contribution is 0.232. The molecule has 1 heterocycles. The molecule has 0 saturated heterocycles. The topological polar surface area (TPSA) is 50.4 Å². The fourth-order valence-electron chi connectivity index (χ4n) is 2.55. The zero-order valence-electron chi connectivity index (χ0n) is 12.8. The molecule has 1 atom stereocenters. The highest BCUT2D eigenvalue weighted by Crippen LogP contribution is 2.35. The number of thioether (sulfide) groups is 1. The maximum absolute atomic E-state index is 12.0. The monoisotopic (exact) mass is 328 g/mol. The van der Waals surface area contributed by atoms with Gasteiger partial charge >= 0.3 is 6.03 Å². The van der Waals surface area contributed by atoms with Gasteiger partial charge in [-0.15, -0.1) is 11.8 Å². The van der Waals surface area contributed by atoms with E-state index in [2.05, 4.69) is 22.8 Å². The molecule has 0 aromatic heterocycles. The van der Waals surface area contributed by atoms with Crippen LogP contribution < -0.4 is 15.4 Å². The predicted molar refractivity (Wildman–Crippen MR) is 93.0 cm³/mol. The summed E-state index contributed by atoms with van der Waals surface area (Å²) >= 11 is 1.85. The number of para-hydroxylation sites is 1. The van der Waals surface area contributed by atoms with E-state index >= 15 is 0 Å². The predicted octanol–water partition coefficient (Wildman–Crippen LogP) is 3.60. The van der Waals surface area contributed by atoms with E-state index in [9.17, 15) is 4.79 Å². The van der Waals surface area contributed by atoms with Crippen molar-refractivity contribution >= 4 is 17.8 Å². The van der Waals surface area contributed by atoms with Gasteiger partial charge in [-0.05, 0) is 30.2 Å². The van der Waals surface area contributed by atoms with Gasteiger partial charge in [0.25, 0.3) is 0 Å². The van der Waals surface area contributed by atoms with Crippen molar-refractivity contribution in [2.75, 3.05) is 18.9 Å². The van der Waals surface area contributed by atoms with Crippen LogP contribution in [0.1, 0.15) is 18.0 Å². The van der Waals surface area contributed by atoms with Crippen LogP contribution in [0.3, 0.4) is 0 Å². The minimum Gasteiger partial charge on any atom is -0.492 e. The second-order valence-corrected chi connectivity index (χ2v) is 6.43. The quantitative estimate of drug-likeness (QED) is 0.825. The number of amides is 2. The summed E-state index contributed by atoms with van der Waals surface area (Å²) in [5.74, 6) is 1.84. The Balaban J connectivity index is 1.43. The molecule has 23 heavy (non-hydrogen) atoms. The molecule has 0 aliphatic carbocycles. The standard InChI is InChI=1S/C18H20N2O2S/c21-18(19-11-12-22-14-6-2-1-3-7-14)20-16-10-13-23-17-9-5-4-8-15(16)17/h1-9,16H,10-13H2,(H2,19,20,21)/t16-/m1/s1. The number of urea groups is 1. The molecular formula is C18H20N2O2S. The van der Waals surface area contributed by atoms with Gasteiger partial charge in [0.1, 0.15) is 12.4 Å². The van der Waals surface area contributed by atoms with E-state index in [0.717, 1.165) is 17.9 Å². The van der Waals surface area contributed by atoms with Crippen LogP contribution >= 0.6 is 11.8 Å². The van der Waals surface area contributed by atoms with E-state index in [0.29, 0.717) is 13.2 Å². The summed E-state index contributed by atoms with van der Waals surface area (Å²) in [6.45, 7) is 0.929. The summed E-state index contributed by atoms with van der Waals surface area (Å²) in [6, 6.07) is 17.8. The van der Waals surface area contributed by atoms with E-state index in [1.54, 1.807) is 0 Å². The van der Waals surface area contributed by atoms with Gasteiger partial charge in [0, 0.05) is 10.6 Å². The van der Waals surface area contributed by atoms with Crippen LogP contribution in [0, 0.1) is 0 Å². The number of carbonyl (C=O) groups excluding carboxylic acids is 1. The Morgan fingerprint density at radius 1 is 1.13 bits per heavy atom. The molecule has 1 aliphatic heterocycles. The molecule has 2 aromatic carbocycles. The van der Waals surface area contributed by atoms with E-state index in [1.807, 2.05) is 54.2 Å². The number of ether oxygens (including phenoxy) is 1. The maximum Gasteiger partial charge on any atom is 0.315 e. The van der Waals surface area contributed by atoms with Gasteiger partial charge in [-0.25, -0.2) is 4.79 Å². The molecule has 0 bridgehead atoms. The number of rotatable bonds is 5. The Bertz CT molecular complexity index is 648. The average molecular weight is 328 g/mol. The lowest BCUT2D eigenvalue weighted by atomic mass is 10.0. The molecular weight excluding hydrogens is 308 g/mol. The van der Waals surface area contributed by atoms with Gasteiger partial charge < -0.3 is 15.4 Å². The zero-order valence-corrected chi connectivity index (χ0v) is 13.6. The second-order valence-electron chi connectivity index (χ2n) is 5.29. The Kier molecular flexibility index (Phi) is 5.42. The molecule has 0 radical (unpaired) electrons. The number of benzene rings is 2. The molecule has 5 heteroatoms. The number of hydrogen-bond acceptors (Lipinski definition) is 3. The lowest BCUT2D eigenvalue weighted by Crippen LogP contribution is -2.40. The van der Waals surface area contributed by atoms with Crippen LogP contribution in [0.15, 0.2) is 59.5 Å². The van der Waals surface area contributed by atoms with Crippen LogP contribution in [0.5, 0.6) is 5.75 Å². The summed E-state index contributed by atoms with van der Waals surface area (Å²) in [4.78, 5) is 13.3. The van der Waals surface area contributed by atoms with Crippen LogP contribution in [0.4, 0.5) is 4.79 Å². The summed E-state index contributed by atoms with van der Waals surface area (Å²) in [5, 5.41) is 5.90. The highest BCUT2D eigenvalue weighted by Gasteiger charge is 2.21. The smallest absolute Gasteiger partial charge is 0.315 e. The SMILES string of the molecule is O=C(NCCOc1ccccc1)N[C@@H]1CCSc2ccccc21. The minimum atomic E-state index is -0.145. The first-order valence-corrected chi connectivity index (χ1v) is 8.75. The number of carbonyl (C=O) groups is 1. The van der Waals surface area contributed by atoms with Gasteiger partial charge in [-0.1, -0.05) is 36.4 Å². The molecule has 2 N–H and O–H groups in total. The van der Waals surface area contributed by atoms with Gasteiger partial charge in [-0.2, -0.15) is 0 Å². The largest absolute Gasteiger partial charge is 0.492 e. The molecule has 3 rings (SSSR count). The molecule has 0 saturated carbocycles. The highest BCUT2D eigenvalue weighted by molar-refractivity contribution is 7.99. The van der Waals surface area contributed by atoms with Crippen molar-refractivity contribution in [1.82, 2.24) is 10.6 Å². The van der Waals surface area contributed by atoms with E-state index in [-0.39, 0.29) is 12.1 Å². The van der Waals surface area contributed by atoms with Gasteiger partial charge in [0.15, 0.2) is 0 Å². The van der Waals surface area contributed by atoms with Crippen molar-refractivity contribution < 1.29 is 9.53 Å². The molecule has 0 spiro atoms. The fraction of sp³-hybridized carbons (Fsp3) is 0.278. The van der Waals surface area contributed by atoms with Gasteiger partial charge in [-0.3, -0.25) is 0 Å². The second kappa shape index (κ2) is 7.92. The molecule has 0 unspecified atom stereocenters. The van der Waals surface area contributed by atoms with Crippen molar-refractivity contribution in [1.29, 1.82) is 0 Å². The van der Waals surface area contributed by atoms with Crippen molar-refractivity contribution in [2.45, 2.75) is 17.4 Å². The van der Waals surface area contributed by atoms with Gasteiger partial charge in [0.2, 0.25) is 0 Å². The van der Waals surface area contributed by atoms with E-state index < -0.39 is 0 Å². The minimum absolute atomic E-state index is 0.0856. The van der Waals surface area contributed by atoms with Crippen molar-refractivity contribution in [3.05, 3.63) is 60.2 Å². The molecule has 1 aliphatic rings. The summed E-state index contributed by atoms with van der Waals surface area (Å²) in [6.07, 6.45) is 0.954. The molecule has 120 valence electrons. The molecule has 0 fully saturated rings. The third-order valence-electron chi connectivity index (χ3n) is 3.66. The maximum atomic E-state index is 12.0. The molecule has 2 amide bonds. The van der Waals surface area contributed by atoms with Crippen molar-refractivity contribution in [2.24, 2.45) is 0 Å². The number of hydrogen-bond donors (Lipinski definition) is 2. The summed E-state index contributed by atoms with van der Waals surface area (Å²) < 4.78 is 5.56. The first kappa shape index (κ1) is 15.7. The molecule has 4 nitrogen and oxygen atoms in total. The van der Waals surface area contributed by atoms with Crippen LogP contribution in [0.25, 0.3) is 0 Å². The lowest BCUT2D eigenvalue weighted by Gasteiger charge is -2.25. The third-order valence-corrected chi connectivity index (χ3v) is 4.79. The zero-order chi connectivity index (χ0) is 15.9. The Hall–Kier alpha value is -2.14. The summed E-state index contributed by atoms with van der Waals surface area (Å²) in [5.41, 5.74) is 1.21. The fourth-order valence-corrected chi connectivity index (χ4v) is 3.68. The number of fused-ring (bicyclic) bond motifs is 1. The van der Waals surface area contributed by atoms with Crippen LogP contribution in [-0.4, -0.2) is 24.9 Å². The number of nitrogens with one attached hydrogen (secondary N) is 2. The van der Waals surface area contributed by atoms with Gasteiger partial charge in [0.05, 0.1) is 12.6 Å². The Morgan fingerprint density at radius 2 is 1.91 bits per heavy atom. The third kappa shape index (κ3) is 4.42. The summed E-state index contributed by atoms with van der Waals surface area (Å²) in [7, 11) is 0. The van der Waals surface area contributed by atoms with Crippen LogP contribution in [0.2, 0.25) is 0 Å². The van der Waals surface area contributed by atoms with E-state index in [1.165, 1.54) is 10.5 Å². The van der Waals surface area contributed by atoms with E-state index in [4.69, 9.17) is 4.74 Å². The normalized spacial score (nSPS) is 16.3. The average Bonchev–Trinajstić information content (AvgIpc) is 2.60. The first-order valence-electron chi connectivity index (χ1n) is 7.77. The highest BCUT2D eigenvalue weighted by atomic mass is 32.2. The van der Waals surface area contributed by atoms with Crippen molar-refractivity contribution in [3.8, 4) is 5.75 Å².